The molecule has 0 aliphatic heterocycles. The average Bonchev–Trinajstić information content (AvgIpc) is 2.44. The van der Waals surface area contributed by atoms with Crippen LogP contribution in [0, 0.1) is 11.8 Å². The van der Waals surface area contributed by atoms with E-state index in [2.05, 4.69) is 17.2 Å². The monoisotopic (exact) mass is 289 g/mol. The zero-order valence-corrected chi connectivity index (χ0v) is 11.7. The Labute approximate surface area is 123 Å². The van der Waals surface area contributed by atoms with E-state index in [1.807, 2.05) is 0 Å². The smallest absolute Gasteiger partial charge is 0.307 e. The van der Waals surface area contributed by atoms with Gasteiger partial charge in [-0.3, -0.25) is 9.59 Å². The number of nitrogens with one attached hydrogen (secondary N) is 1. The van der Waals surface area contributed by atoms with Gasteiger partial charge in [-0.25, -0.2) is 0 Å². The molecule has 0 heterocycles. The summed E-state index contributed by atoms with van der Waals surface area (Å²) in [5.41, 5.74) is 12.4. The number of hydrogen-bond donors (Lipinski definition) is 4. The fraction of sp³-hybridized carbons (Fsp3) is 0.333. The Morgan fingerprint density at radius 3 is 2.67 bits per heavy atom. The molecule has 1 aromatic rings. The molecule has 6 nitrogen and oxygen atoms in total. The van der Waals surface area contributed by atoms with Gasteiger partial charge in [-0.05, 0) is 30.7 Å². The normalized spacial score (nSPS) is 9.62. The molecule has 1 rings (SSSR count). The maximum Gasteiger partial charge on any atom is 0.307 e. The van der Waals surface area contributed by atoms with Crippen LogP contribution < -0.4 is 16.8 Å². The summed E-state index contributed by atoms with van der Waals surface area (Å²) in [5.74, 6) is 4.44. The summed E-state index contributed by atoms with van der Waals surface area (Å²) < 4.78 is 0. The molecule has 0 bridgehead atoms. The van der Waals surface area contributed by atoms with E-state index < -0.39 is 5.97 Å². The first-order chi connectivity index (χ1) is 10.1. The molecule has 0 fully saturated rings. The molecule has 0 radical (unpaired) electrons. The van der Waals surface area contributed by atoms with Crippen molar-refractivity contribution in [2.24, 2.45) is 11.5 Å². The molecule has 21 heavy (non-hydrogen) atoms. The maximum atomic E-state index is 11.6. The van der Waals surface area contributed by atoms with Gasteiger partial charge in [0.2, 0.25) is 5.91 Å². The number of hydrogen-bond acceptors (Lipinski definition) is 4. The Morgan fingerprint density at radius 2 is 2.05 bits per heavy atom. The van der Waals surface area contributed by atoms with Crippen LogP contribution in [0.25, 0.3) is 0 Å². The van der Waals surface area contributed by atoms with E-state index in [-0.39, 0.29) is 18.9 Å². The second-order valence-electron chi connectivity index (χ2n) is 4.39. The average molecular weight is 289 g/mol. The molecule has 1 amide bonds. The van der Waals surface area contributed by atoms with Crippen LogP contribution in [-0.4, -0.2) is 30.1 Å². The van der Waals surface area contributed by atoms with Crippen LogP contribution in [-0.2, 0) is 16.0 Å². The zero-order chi connectivity index (χ0) is 15.7. The van der Waals surface area contributed by atoms with Crippen LogP contribution in [0.1, 0.15) is 24.0 Å². The second-order valence-corrected chi connectivity index (χ2v) is 4.39. The third-order valence-corrected chi connectivity index (χ3v) is 2.67. The van der Waals surface area contributed by atoms with E-state index in [1.54, 1.807) is 18.2 Å². The van der Waals surface area contributed by atoms with Crippen LogP contribution in [0.3, 0.4) is 0 Å². The highest BCUT2D eigenvalue weighted by Gasteiger charge is 2.08. The SMILES string of the molecule is NCC#Cc1cc(NC(=O)CCCN)ccc1CC(=O)O. The van der Waals surface area contributed by atoms with Crippen LogP contribution in [0.4, 0.5) is 5.69 Å². The molecule has 0 aliphatic rings. The number of carbonyl (C=O) groups is 2. The summed E-state index contributed by atoms with van der Waals surface area (Å²) in [6.07, 6.45) is 0.829. The van der Waals surface area contributed by atoms with Gasteiger partial charge in [0.25, 0.3) is 0 Å². The highest BCUT2D eigenvalue weighted by molar-refractivity contribution is 5.91. The molecule has 0 saturated heterocycles. The summed E-state index contributed by atoms with van der Waals surface area (Å²) >= 11 is 0. The van der Waals surface area contributed by atoms with E-state index in [4.69, 9.17) is 16.6 Å². The van der Waals surface area contributed by atoms with E-state index in [0.717, 1.165) is 0 Å². The number of nitrogens with two attached hydrogens (primary N) is 2. The molecule has 6 N–H and O–H groups in total. The van der Waals surface area contributed by atoms with Crippen molar-refractivity contribution < 1.29 is 14.7 Å². The molecule has 1 aromatic carbocycles. The highest BCUT2D eigenvalue weighted by atomic mass is 16.4. The lowest BCUT2D eigenvalue weighted by Gasteiger charge is -2.08. The van der Waals surface area contributed by atoms with Gasteiger partial charge >= 0.3 is 5.97 Å². The Morgan fingerprint density at radius 1 is 1.29 bits per heavy atom. The number of carboxylic acids is 1. The van der Waals surface area contributed by atoms with Gasteiger partial charge < -0.3 is 21.9 Å². The predicted molar refractivity (Wildman–Crippen MR) is 80.6 cm³/mol. The van der Waals surface area contributed by atoms with Gasteiger partial charge in [-0.15, -0.1) is 0 Å². The van der Waals surface area contributed by atoms with Crippen molar-refractivity contribution in [1.82, 2.24) is 0 Å². The van der Waals surface area contributed by atoms with Gasteiger partial charge in [-0.1, -0.05) is 17.9 Å². The van der Waals surface area contributed by atoms with E-state index in [9.17, 15) is 9.59 Å². The van der Waals surface area contributed by atoms with E-state index in [0.29, 0.717) is 36.2 Å². The Hall–Kier alpha value is -2.36. The molecular formula is C15H19N3O3. The summed E-state index contributed by atoms with van der Waals surface area (Å²) in [4.78, 5) is 22.5. The number of carbonyl (C=O) groups excluding carboxylic acids is 1. The maximum absolute atomic E-state index is 11.6. The van der Waals surface area contributed by atoms with Crippen molar-refractivity contribution in [3.63, 3.8) is 0 Å². The van der Waals surface area contributed by atoms with Gasteiger partial charge in [0.15, 0.2) is 0 Å². The third kappa shape index (κ3) is 6.08. The van der Waals surface area contributed by atoms with Gasteiger partial charge in [-0.2, -0.15) is 0 Å². The minimum atomic E-state index is -0.939. The molecule has 112 valence electrons. The Bertz CT molecular complexity index is 573. The Balaban J connectivity index is 2.92. The number of rotatable bonds is 6. The predicted octanol–water partition coefficient (Wildman–Crippen LogP) is 0.301. The number of carboxylic acid groups (broad SMARTS) is 1. The standard InChI is InChI=1S/C15H19N3O3/c16-7-1-3-11-9-13(18-14(19)4-2-8-17)6-5-12(11)10-15(20)21/h5-6,9H,2,4,7-8,10,16-17H2,(H,18,19)(H,20,21). The quantitative estimate of drug-likeness (QED) is 0.562. The minimum Gasteiger partial charge on any atom is -0.481 e. The van der Waals surface area contributed by atoms with Gasteiger partial charge in [0.05, 0.1) is 13.0 Å². The van der Waals surface area contributed by atoms with Crippen LogP contribution >= 0.6 is 0 Å². The number of benzene rings is 1. The largest absolute Gasteiger partial charge is 0.481 e. The van der Waals surface area contributed by atoms with E-state index >= 15 is 0 Å². The Kier molecular flexibility index (Phi) is 6.95. The van der Waals surface area contributed by atoms with Crippen molar-refractivity contribution >= 4 is 17.6 Å². The lowest BCUT2D eigenvalue weighted by molar-refractivity contribution is -0.136. The lowest BCUT2D eigenvalue weighted by Crippen LogP contribution is -2.13. The summed E-state index contributed by atoms with van der Waals surface area (Å²) in [6, 6.07) is 4.96. The molecular weight excluding hydrogens is 270 g/mol. The number of amides is 1. The first kappa shape index (κ1) is 16.7. The molecule has 0 aromatic heterocycles. The van der Waals surface area contributed by atoms with Crippen molar-refractivity contribution in [3.8, 4) is 11.8 Å². The lowest BCUT2D eigenvalue weighted by atomic mass is 10.0. The fourth-order valence-electron chi connectivity index (χ4n) is 1.72. The van der Waals surface area contributed by atoms with E-state index in [1.165, 1.54) is 0 Å². The molecule has 6 heteroatoms. The second kappa shape index (κ2) is 8.74. The van der Waals surface area contributed by atoms with Gasteiger partial charge in [0.1, 0.15) is 0 Å². The van der Waals surface area contributed by atoms with Crippen molar-refractivity contribution in [1.29, 1.82) is 0 Å². The van der Waals surface area contributed by atoms with Crippen molar-refractivity contribution in [2.45, 2.75) is 19.3 Å². The summed E-state index contributed by atoms with van der Waals surface area (Å²) in [6.45, 7) is 0.637. The van der Waals surface area contributed by atoms with Crippen molar-refractivity contribution in [3.05, 3.63) is 29.3 Å². The first-order valence-electron chi connectivity index (χ1n) is 6.60. The summed E-state index contributed by atoms with van der Waals surface area (Å²) in [7, 11) is 0. The minimum absolute atomic E-state index is 0.129. The molecule has 0 saturated carbocycles. The topological polar surface area (TPSA) is 118 Å². The van der Waals surface area contributed by atoms with Gasteiger partial charge in [0, 0.05) is 17.7 Å². The molecule has 0 unspecified atom stereocenters. The van der Waals surface area contributed by atoms with Crippen LogP contribution in [0.5, 0.6) is 0 Å². The molecule has 0 spiro atoms. The fourth-order valence-corrected chi connectivity index (χ4v) is 1.72. The van der Waals surface area contributed by atoms with Crippen LogP contribution in [0.15, 0.2) is 18.2 Å². The first-order valence-corrected chi connectivity index (χ1v) is 6.60. The van der Waals surface area contributed by atoms with Crippen LogP contribution in [0.2, 0.25) is 0 Å². The molecule has 0 atom stereocenters. The zero-order valence-electron chi connectivity index (χ0n) is 11.7. The third-order valence-electron chi connectivity index (χ3n) is 2.67. The van der Waals surface area contributed by atoms with Crippen molar-refractivity contribution in [2.75, 3.05) is 18.4 Å². The highest BCUT2D eigenvalue weighted by Crippen LogP contribution is 2.16. The molecule has 0 aliphatic carbocycles. The number of aliphatic carboxylic acids is 1. The number of anilines is 1. The summed E-state index contributed by atoms with van der Waals surface area (Å²) in [5, 5.41) is 11.6.